The van der Waals surface area contributed by atoms with Crippen LogP contribution in [0.5, 0.6) is 0 Å². The molecule has 10 heavy (non-hydrogen) atoms. The second-order valence-electron chi connectivity index (χ2n) is 1.80. The third-order valence-electron chi connectivity index (χ3n) is 1.05. The molecule has 0 bridgehead atoms. The molecular formula is C7H7BrN2. The van der Waals surface area contributed by atoms with Gasteiger partial charge in [-0.1, -0.05) is 15.9 Å². The fourth-order valence-corrected chi connectivity index (χ4v) is 1.02. The Hall–Kier alpha value is -0.830. The van der Waals surface area contributed by atoms with E-state index in [0.29, 0.717) is 0 Å². The lowest BCUT2D eigenvalue weighted by atomic mass is 10.3. The molecule has 0 aromatic carbocycles. The quantitative estimate of drug-likeness (QED) is 0.621. The van der Waals surface area contributed by atoms with Gasteiger partial charge in [0, 0.05) is 22.6 Å². The first kappa shape index (κ1) is 7.28. The van der Waals surface area contributed by atoms with E-state index in [0.717, 1.165) is 10.2 Å². The molecule has 0 spiro atoms. The van der Waals surface area contributed by atoms with Crippen LogP contribution in [0.4, 0.5) is 0 Å². The Bertz CT molecular complexity index is 226. The zero-order valence-electron chi connectivity index (χ0n) is 5.26. The molecule has 1 rings (SSSR count). The maximum atomic E-state index is 6.79. The molecule has 52 valence electrons. The lowest BCUT2D eigenvalue weighted by Gasteiger charge is -2.05. The number of rotatable bonds is 1. The van der Waals surface area contributed by atoms with E-state index in [1.165, 1.54) is 6.21 Å². The molecule has 2 nitrogen and oxygen atoms in total. The summed E-state index contributed by atoms with van der Waals surface area (Å²) in [6.07, 6.45) is 8.56. The molecule has 0 saturated heterocycles. The minimum Gasteiger partial charge on any atom is -0.362 e. The highest BCUT2D eigenvalue weighted by Crippen LogP contribution is 2.12. The molecular weight excluding hydrogens is 192 g/mol. The van der Waals surface area contributed by atoms with E-state index in [1.807, 2.05) is 18.4 Å². The van der Waals surface area contributed by atoms with Gasteiger partial charge in [0.15, 0.2) is 0 Å². The molecule has 0 aromatic heterocycles. The highest BCUT2D eigenvalue weighted by molar-refractivity contribution is 9.11. The molecule has 0 radical (unpaired) electrons. The average Bonchev–Trinajstić information content (AvgIpc) is 1.88. The van der Waals surface area contributed by atoms with Crippen LogP contribution in [0.25, 0.3) is 0 Å². The maximum Gasteiger partial charge on any atom is 0.0406 e. The van der Waals surface area contributed by atoms with Crippen LogP contribution in [0.1, 0.15) is 0 Å². The number of allylic oxidation sites excluding steroid dienone is 4. The van der Waals surface area contributed by atoms with Crippen molar-refractivity contribution in [1.82, 2.24) is 5.32 Å². The van der Waals surface area contributed by atoms with E-state index >= 15 is 0 Å². The van der Waals surface area contributed by atoms with Gasteiger partial charge in [-0.2, -0.15) is 0 Å². The summed E-state index contributed by atoms with van der Waals surface area (Å²) in [7, 11) is 0. The maximum absolute atomic E-state index is 6.79. The third-order valence-corrected chi connectivity index (χ3v) is 1.54. The van der Waals surface area contributed by atoms with Crippen molar-refractivity contribution in [2.75, 3.05) is 0 Å². The molecule has 2 N–H and O–H groups in total. The Labute approximate surface area is 68.0 Å². The van der Waals surface area contributed by atoms with Crippen LogP contribution < -0.4 is 5.32 Å². The Morgan fingerprint density at radius 3 is 3.00 bits per heavy atom. The van der Waals surface area contributed by atoms with Gasteiger partial charge in [-0.25, -0.2) is 0 Å². The molecule has 0 fully saturated rings. The van der Waals surface area contributed by atoms with Gasteiger partial charge in [0.25, 0.3) is 0 Å². The van der Waals surface area contributed by atoms with Gasteiger partial charge >= 0.3 is 0 Å². The van der Waals surface area contributed by atoms with E-state index in [1.54, 1.807) is 6.08 Å². The SMILES string of the molecule is N=C/C=C1/C=C(Br)C=CN1. The molecule has 3 heteroatoms. The second-order valence-corrected chi connectivity index (χ2v) is 2.71. The van der Waals surface area contributed by atoms with Gasteiger partial charge in [-0.05, 0) is 18.2 Å². The van der Waals surface area contributed by atoms with Crippen molar-refractivity contribution >= 4 is 22.1 Å². The molecule has 1 heterocycles. The van der Waals surface area contributed by atoms with Crippen LogP contribution in [0.15, 0.2) is 34.6 Å². The zero-order chi connectivity index (χ0) is 7.40. The highest BCUT2D eigenvalue weighted by Gasteiger charge is 1.94. The predicted octanol–water partition coefficient (Wildman–Crippen LogP) is 1.92. The van der Waals surface area contributed by atoms with Crippen molar-refractivity contribution in [2.24, 2.45) is 0 Å². The van der Waals surface area contributed by atoms with E-state index in [9.17, 15) is 0 Å². The summed E-state index contributed by atoms with van der Waals surface area (Å²) in [5.41, 5.74) is 0.921. The molecule has 0 saturated carbocycles. The topological polar surface area (TPSA) is 35.9 Å². The largest absolute Gasteiger partial charge is 0.362 e. The number of halogens is 1. The number of nitrogens with one attached hydrogen (secondary N) is 2. The number of hydrogen-bond acceptors (Lipinski definition) is 2. The molecule has 0 aliphatic carbocycles. The van der Waals surface area contributed by atoms with Gasteiger partial charge in [0.1, 0.15) is 0 Å². The minimum absolute atomic E-state index is 0.921. The minimum atomic E-state index is 0.921. The van der Waals surface area contributed by atoms with E-state index < -0.39 is 0 Å². The van der Waals surface area contributed by atoms with Crippen molar-refractivity contribution in [2.45, 2.75) is 0 Å². The summed E-state index contributed by atoms with van der Waals surface area (Å²) in [5, 5.41) is 9.77. The standard InChI is InChI=1S/C7H7BrN2/c8-6-2-4-10-7(5-6)1-3-9/h1-5,9-10H/b7-1-,9-3?. The van der Waals surface area contributed by atoms with Gasteiger partial charge < -0.3 is 10.7 Å². The molecule has 0 atom stereocenters. The fourth-order valence-electron chi connectivity index (χ4n) is 0.642. The number of dihydropyridines is 1. The molecule has 0 aromatic rings. The van der Waals surface area contributed by atoms with Crippen molar-refractivity contribution in [3.05, 3.63) is 34.6 Å². The predicted molar refractivity (Wildman–Crippen MR) is 46.2 cm³/mol. The summed E-state index contributed by atoms with van der Waals surface area (Å²) < 4.78 is 1.01. The van der Waals surface area contributed by atoms with Gasteiger partial charge in [0.05, 0.1) is 0 Å². The monoisotopic (exact) mass is 198 g/mol. The summed E-state index contributed by atoms with van der Waals surface area (Å²) >= 11 is 3.32. The summed E-state index contributed by atoms with van der Waals surface area (Å²) in [4.78, 5) is 0. The fraction of sp³-hybridized carbons (Fsp3) is 0. The smallest absolute Gasteiger partial charge is 0.0406 e. The first-order valence-electron chi connectivity index (χ1n) is 2.84. The number of hydrogen-bond donors (Lipinski definition) is 2. The lowest BCUT2D eigenvalue weighted by molar-refractivity contribution is 1.10. The summed E-state index contributed by atoms with van der Waals surface area (Å²) in [6.45, 7) is 0. The van der Waals surface area contributed by atoms with Gasteiger partial charge in [-0.15, -0.1) is 0 Å². The zero-order valence-corrected chi connectivity index (χ0v) is 6.85. The van der Waals surface area contributed by atoms with E-state index in [-0.39, 0.29) is 0 Å². The molecule has 0 unspecified atom stereocenters. The van der Waals surface area contributed by atoms with Crippen LogP contribution in [-0.4, -0.2) is 6.21 Å². The lowest BCUT2D eigenvalue weighted by Crippen LogP contribution is -2.05. The second kappa shape index (κ2) is 3.37. The Morgan fingerprint density at radius 2 is 2.40 bits per heavy atom. The van der Waals surface area contributed by atoms with Gasteiger partial charge in [-0.3, -0.25) is 0 Å². The van der Waals surface area contributed by atoms with Crippen molar-refractivity contribution in [3.8, 4) is 0 Å². The van der Waals surface area contributed by atoms with E-state index in [2.05, 4.69) is 21.2 Å². The third kappa shape index (κ3) is 1.84. The van der Waals surface area contributed by atoms with Crippen LogP contribution in [-0.2, 0) is 0 Å². The van der Waals surface area contributed by atoms with Crippen molar-refractivity contribution < 1.29 is 0 Å². The van der Waals surface area contributed by atoms with Crippen LogP contribution in [0, 0.1) is 5.41 Å². The van der Waals surface area contributed by atoms with E-state index in [4.69, 9.17) is 5.41 Å². The van der Waals surface area contributed by atoms with Crippen molar-refractivity contribution in [1.29, 1.82) is 5.41 Å². The summed E-state index contributed by atoms with van der Waals surface area (Å²) in [6, 6.07) is 0. The normalized spacial score (nSPS) is 20.1. The van der Waals surface area contributed by atoms with Crippen LogP contribution in [0.3, 0.4) is 0 Å². The first-order valence-corrected chi connectivity index (χ1v) is 3.63. The molecule has 1 aliphatic rings. The average molecular weight is 199 g/mol. The van der Waals surface area contributed by atoms with Crippen molar-refractivity contribution in [3.63, 3.8) is 0 Å². The highest BCUT2D eigenvalue weighted by atomic mass is 79.9. The van der Waals surface area contributed by atoms with Crippen LogP contribution >= 0.6 is 15.9 Å². The molecule has 1 aliphatic heterocycles. The first-order chi connectivity index (χ1) is 4.83. The Balaban J connectivity index is 2.77. The summed E-state index contributed by atoms with van der Waals surface area (Å²) in [5.74, 6) is 0. The Kier molecular flexibility index (Phi) is 2.45. The van der Waals surface area contributed by atoms with Gasteiger partial charge in [0.2, 0.25) is 0 Å². The van der Waals surface area contributed by atoms with Crippen LogP contribution in [0.2, 0.25) is 0 Å². The molecule has 0 amide bonds. The Morgan fingerprint density at radius 1 is 1.60 bits per heavy atom.